The number of ether oxygens (including phenoxy) is 1. The van der Waals surface area contributed by atoms with Gasteiger partial charge in [-0.2, -0.15) is 17.0 Å². The Balaban J connectivity index is 1.46. The van der Waals surface area contributed by atoms with Crippen LogP contribution < -0.4 is 0 Å². The first-order valence-corrected chi connectivity index (χ1v) is 10.9. The van der Waals surface area contributed by atoms with Gasteiger partial charge < -0.3 is 4.74 Å². The summed E-state index contributed by atoms with van der Waals surface area (Å²) in [4.78, 5) is 2.48. The van der Waals surface area contributed by atoms with Gasteiger partial charge in [0.25, 0.3) is 10.2 Å². The fourth-order valence-corrected chi connectivity index (χ4v) is 5.18. The minimum atomic E-state index is -3.32. The second kappa shape index (κ2) is 8.80. The summed E-state index contributed by atoms with van der Waals surface area (Å²) in [5.41, 5.74) is 1.20. The van der Waals surface area contributed by atoms with Crippen LogP contribution in [0.1, 0.15) is 24.8 Å². The molecule has 3 aliphatic rings. The molecule has 1 aromatic rings. The van der Waals surface area contributed by atoms with E-state index >= 15 is 0 Å². The largest absolute Gasteiger partial charge is 0.377 e. The smallest absolute Gasteiger partial charge is 0.281 e. The van der Waals surface area contributed by atoms with Crippen molar-refractivity contribution in [2.24, 2.45) is 5.92 Å². The van der Waals surface area contributed by atoms with Crippen LogP contribution in [0.25, 0.3) is 0 Å². The first-order chi connectivity index (χ1) is 12.5. The molecule has 3 aliphatic heterocycles. The van der Waals surface area contributed by atoms with Crippen molar-refractivity contribution >= 4 is 10.2 Å². The maximum Gasteiger partial charge on any atom is 0.281 e. The van der Waals surface area contributed by atoms with Crippen molar-refractivity contribution in [1.82, 2.24) is 13.5 Å². The van der Waals surface area contributed by atoms with E-state index in [2.05, 4.69) is 17.0 Å². The molecule has 1 aromatic carbocycles. The van der Waals surface area contributed by atoms with E-state index in [1.54, 1.807) is 18.4 Å². The average molecular weight is 382 g/mol. The molecule has 0 saturated carbocycles. The quantitative estimate of drug-likeness (QED) is 0.645. The molecule has 7 heteroatoms. The van der Waals surface area contributed by atoms with Crippen LogP contribution in [0.15, 0.2) is 30.3 Å². The van der Waals surface area contributed by atoms with Crippen LogP contribution in [0.2, 0.25) is 0 Å². The molecule has 6 nitrogen and oxygen atoms in total. The molecule has 3 saturated heterocycles. The molecule has 3 heterocycles. The monoisotopic (exact) mass is 381 g/mol. The summed E-state index contributed by atoms with van der Waals surface area (Å²) in [6, 6.07) is 10.6. The third-order valence-corrected chi connectivity index (χ3v) is 7.30. The fourth-order valence-electron chi connectivity index (χ4n) is 3.96. The van der Waals surface area contributed by atoms with Crippen molar-refractivity contribution in [2.45, 2.75) is 31.9 Å². The van der Waals surface area contributed by atoms with Gasteiger partial charge in [-0.25, -0.2) is 0 Å². The highest BCUT2D eigenvalue weighted by atomic mass is 32.2. The Morgan fingerprint density at radius 3 is 2.62 bits per heavy atom. The average Bonchev–Trinajstić information content (AvgIpc) is 2.95. The zero-order valence-electron chi connectivity index (χ0n) is 15.9. The normalized spacial score (nSPS) is 24.9. The van der Waals surface area contributed by atoms with Crippen molar-refractivity contribution < 1.29 is 13.2 Å². The lowest BCUT2D eigenvalue weighted by Crippen LogP contribution is -2.46. The zero-order valence-corrected chi connectivity index (χ0v) is 16.7. The van der Waals surface area contributed by atoms with Gasteiger partial charge in [0.1, 0.15) is 0 Å². The van der Waals surface area contributed by atoms with Gasteiger partial charge in [0, 0.05) is 52.9 Å². The van der Waals surface area contributed by atoms with Crippen LogP contribution in [0.3, 0.4) is 0 Å². The number of hydrogen-bond donors (Lipinski definition) is 0. The summed E-state index contributed by atoms with van der Waals surface area (Å²) in [7, 11) is -0.0869. The van der Waals surface area contributed by atoms with Crippen LogP contribution in [0.5, 0.6) is 0 Å². The molecule has 0 aromatic heterocycles. The van der Waals surface area contributed by atoms with Crippen LogP contribution in [-0.2, 0) is 21.6 Å². The number of nitrogens with zero attached hydrogens (tertiary/aromatic N) is 3. The number of fused-ring (bicyclic) bond motifs is 4. The summed E-state index contributed by atoms with van der Waals surface area (Å²) < 4.78 is 33.8. The van der Waals surface area contributed by atoms with Gasteiger partial charge in [-0.15, -0.1) is 0 Å². The molecular weight excluding hydrogens is 350 g/mol. The highest BCUT2D eigenvalue weighted by Crippen LogP contribution is 2.29. The maximum atomic E-state index is 12.5. The van der Waals surface area contributed by atoms with Gasteiger partial charge in [-0.05, 0) is 30.7 Å². The molecule has 3 fully saturated rings. The predicted octanol–water partition coefficient (Wildman–Crippen LogP) is 1.80. The van der Waals surface area contributed by atoms with Gasteiger partial charge in [0.2, 0.25) is 0 Å². The Labute approximate surface area is 157 Å². The van der Waals surface area contributed by atoms with E-state index < -0.39 is 10.2 Å². The van der Waals surface area contributed by atoms with E-state index in [-0.39, 0.29) is 0 Å². The van der Waals surface area contributed by atoms with Crippen molar-refractivity contribution in [1.29, 1.82) is 0 Å². The predicted molar refractivity (Wildman–Crippen MR) is 103 cm³/mol. The minimum absolute atomic E-state index is 0.331. The molecular formula is C19H31N3O3S. The Bertz CT molecular complexity index is 666. The van der Waals surface area contributed by atoms with Gasteiger partial charge >= 0.3 is 0 Å². The van der Waals surface area contributed by atoms with Crippen molar-refractivity contribution in [2.75, 3.05) is 46.9 Å². The molecule has 26 heavy (non-hydrogen) atoms. The molecule has 4 rings (SSSR count). The molecule has 0 N–H and O–H groups in total. The molecule has 2 atom stereocenters. The summed E-state index contributed by atoms with van der Waals surface area (Å²) in [5.74, 6) is 0.439. The van der Waals surface area contributed by atoms with Crippen molar-refractivity contribution in [3.63, 3.8) is 0 Å². The fraction of sp³-hybridized carbons (Fsp3) is 0.684. The van der Waals surface area contributed by atoms with Gasteiger partial charge in [-0.1, -0.05) is 30.3 Å². The molecule has 0 unspecified atom stereocenters. The number of piperidine rings is 1. The molecule has 0 aliphatic carbocycles. The lowest BCUT2D eigenvalue weighted by Gasteiger charge is -2.36. The highest BCUT2D eigenvalue weighted by molar-refractivity contribution is 7.86. The van der Waals surface area contributed by atoms with Crippen LogP contribution in [-0.4, -0.2) is 74.9 Å². The lowest BCUT2D eigenvalue weighted by atomic mass is 9.95. The number of hydrogen-bond acceptors (Lipinski definition) is 4. The van der Waals surface area contributed by atoms with E-state index in [1.165, 1.54) is 9.87 Å². The standard InChI is InChI=1S/C19H31N3O3S/c1-20(2)26(23,24)22-14-18-9-10-19(15-22)21(13-18)11-6-12-25-16-17-7-4-3-5-8-17/h3-5,7-8,18-19H,6,9-16H2,1-2H3/t18-,19-/m1/s1. The second-order valence-corrected chi connectivity index (χ2v) is 9.73. The minimum Gasteiger partial charge on any atom is -0.377 e. The number of benzene rings is 1. The Morgan fingerprint density at radius 1 is 1.12 bits per heavy atom. The summed E-state index contributed by atoms with van der Waals surface area (Å²) >= 11 is 0. The van der Waals surface area contributed by atoms with E-state index in [0.717, 1.165) is 39.0 Å². The summed E-state index contributed by atoms with van der Waals surface area (Å²) in [6.45, 7) is 4.64. The topological polar surface area (TPSA) is 53.1 Å². The van der Waals surface area contributed by atoms with Crippen LogP contribution in [0.4, 0.5) is 0 Å². The van der Waals surface area contributed by atoms with Gasteiger partial charge in [0.15, 0.2) is 0 Å². The summed E-state index contributed by atoms with van der Waals surface area (Å²) in [5, 5.41) is 0. The van der Waals surface area contributed by atoms with Crippen molar-refractivity contribution in [3.05, 3.63) is 35.9 Å². The van der Waals surface area contributed by atoms with E-state index in [1.807, 2.05) is 18.2 Å². The first-order valence-electron chi connectivity index (χ1n) is 9.50. The Kier molecular flexibility index (Phi) is 6.69. The van der Waals surface area contributed by atoms with Gasteiger partial charge in [-0.3, -0.25) is 4.90 Å². The maximum absolute atomic E-state index is 12.5. The zero-order chi connectivity index (χ0) is 18.6. The molecule has 0 amide bonds. The highest BCUT2D eigenvalue weighted by Gasteiger charge is 2.39. The third-order valence-electron chi connectivity index (χ3n) is 5.43. The van der Waals surface area contributed by atoms with E-state index in [9.17, 15) is 8.42 Å². The SMILES string of the molecule is CN(C)S(=O)(=O)N1C[C@@H]2CC[C@H](C1)N(CCCOCc1ccccc1)C2. The Hall–Kier alpha value is -0.990. The lowest BCUT2D eigenvalue weighted by molar-refractivity contribution is 0.0863. The first kappa shape index (κ1) is 19.8. The molecule has 0 radical (unpaired) electrons. The molecule has 2 bridgehead atoms. The number of rotatable bonds is 8. The van der Waals surface area contributed by atoms with Crippen molar-refractivity contribution in [3.8, 4) is 0 Å². The van der Waals surface area contributed by atoms with E-state index in [4.69, 9.17) is 4.74 Å². The third kappa shape index (κ3) is 4.84. The molecule has 0 spiro atoms. The molecule has 146 valence electrons. The van der Waals surface area contributed by atoms with Crippen LogP contribution >= 0.6 is 0 Å². The van der Waals surface area contributed by atoms with Crippen LogP contribution in [0, 0.1) is 5.92 Å². The second-order valence-electron chi connectivity index (χ2n) is 7.59. The van der Waals surface area contributed by atoms with E-state index in [0.29, 0.717) is 31.7 Å². The van der Waals surface area contributed by atoms with Gasteiger partial charge in [0.05, 0.1) is 6.61 Å². The summed E-state index contributed by atoms with van der Waals surface area (Å²) in [6.07, 6.45) is 3.20. The Morgan fingerprint density at radius 2 is 1.88 bits per heavy atom.